The Morgan fingerprint density at radius 1 is 1.14 bits per heavy atom. The van der Waals surface area contributed by atoms with Gasteiger partial charge >= 0.3 is 0 Å². The van der Waals surface area contributed by atoms with Crippen molar-refractivity contribution in [1.82, 2.24) is 15.1 Å². The van der Waals surface area contributed by atoms with Gasteiger partial charge in [0.25, 0.3) is 0 Å². The molecular weight excluding hydrogens is 378 g/mol. The summed E-state index contributed by atoms with van der Waals surface area (Å²) >= 11 is 0. The van der Waals surface area contributed by atoms with Gasteiger partial charge in [-0.05, 0) is 31.6 Å². The van der Waals surface area contributed by atoms with Crippen molar-refractivity contribution in [2.24, 2.45) is 5.92 Å². The molecule has 2 aliphatic heterocycles. The molecule has 2 fully saturated rings. The Balaban J connectivity index is 2.06. The van der Waals surface area contributed by atoms with Gasteiger partial charge in [0, 0.05) is 26.2 Å². The molecule has 29 heavy (non-hydrogen) atoms. The van der Waals surface area contributed by atoms with E-state index < -0.39 is 36.5 Å². The molecule has 9 heteroatoms. The van der Waals surface area contributed by atoms with Gasteiger partial charge in [-0.2, -0.15) is 0 Å². The summed E-state index contributed by atoms with van der Waals surface area (Å²) in [5, 5.41) is 41.3. The highest BCUT2D eigenvalue weighted by Gasteiger charge is 2.53. The first-order chi connectivity index (χ1) is 13.7. The van der Waals surface area contributed by atoms with Gasteiger partial charge in [0.05, 0.1) is 12.7 Å². The summed E-state index contributed by atoms with van der Waals surface area (Å²) in [6, 6.07) is -0.477. The quantitative estimate of drug-likeness (QED) is 0.315. The summed E-state index contributed by atoms with van der Waals surface area (Å²) in [6.45, 7) is 7.03. The third-order valence-electron chi connectivity index (χ3n) is 6.07. The summed E-state index contributed by atoms with van der Waals surface area (Å²) in [5.74, 6) is 0.174. The van der Waals surface area contributed by atoms with Gasteiger partial charge in [-0.25, -0.2) is 0 Å². The maximum absolute atomic E-state index is 13.1. The van der Waals surface area contributed by atoms with E-state index in [4.69, 9.17) is 5.11 Å². The zero-order valence-corrected chi connectivity index (χ0v) is 17.8. The molecule has 0 aromatic carbocycles. The van der Waals surface area contributed by atoms with Crippen LogP contribution < -0.4 is 5.32 Å². The van der Waals surface area contributed by atoms with Crippen LogP contribution in [0.25, 0.3) is 0 Å². The van der Waals surface area contributed by atoms with Crippen LogP contribution in [0.4, 0.5) is 0 Å². The monoisotopic (exact) mass is 415 g/mol. The van der Waals surface area contributed by atoms with Crippen molar-refractivity contribution in [2.45, 2.75) is 76.3 Å². The number of aliphatic hydroxyl groups excluding tert-OH is 4. The first-order valence-electron chi connectivity index (χ1n) is 10.7. The van der Waals surface area contributed by atoms with Crippen LogP contribution in [-0.4, -0.2) is 105 Å². The van der Waals surface area contributed by atoms with E-state index in [-0.39, 0.29) is 18.4 Å². The van der Waals surface area contributed by atoms with Crippen molar-refractivity contribution in [1.29, 1.82) is 0 Å². The largest absolute Gasteiger partial charge is 0.394 e. The molecule has 2 heterocycles. The number of carbonyl (C=O) groups excluding carboxylic acids is 2. The van der Waals surface area contributed by atoms with E-state index in [9.17, 15) is 24.9 Å². The molecule has 4 atom stereocenters. The van der Waals surface area contributed by atoms with Gasteiger partial charge in [0.1, 0.15) is 23.8 Å². The predicted octanol–water partition coefficient (Wildman–Crippen LogP) is -1.32. The molecule has 9 nitrogen and oxygen atoms in total. The number of aliphatic hydroxyl groups is 4. The van der Waals surface area contributed by atoms with Crippen LogP contribution in [0.2, 0.25) is 0 Å². The van der Waals surface area contributed by atoms with Crippen molar-refractivity contribution >= 4 is 11.8 Å². The van der Waals surface area contributed by atoms with Gasteiger partial charge in [0.2, 0.25) is 11.8 Å². The van der Waals surface area contributed by atoms with Crippen LogP contribution in [0.3, 0.4) is 0 Å². The van der Waals surface area contributed by atoms with Gasteiger partial charge < -0.3 is 35.5 Å². The van der Waals surface area contributed by atoms with E-state index in [0.717, 1.165) is 6.42 Å². The van der Waals surface area contributed by atoms with E-state index in [1.807, 2.05) is 25.7 Å². The number of carbonyl (C=O) groups is 2. The Bertz CT molecular complexity index is 564. The Morgan fingerprint density at radius 2 is 1.76 bits per heavy atom. The van der Waals surface area contributed by atoms with Crippen LogP contribution in [0.15, 0.2) is 0 Å². The molecule has 0 aliphatic carbocycles. The lowest BCUT2D eigenvalue weighted by atomic mass is 9.80. The maximum Gasteiger partial charge on any atom is 0.246 e. The summed E-state index contributed by atoms with van der Waals surface area (Å²) in [6.07, 6.45) is -1.78. The molecule has 2 amide bonds. The number of hydrogen-bond acceptors (Lipinski definition) is 7. The molecule has 0 aromatic heterocycles. The molecule has 168 valence electrons. The highest BCUT2D eigenvalue weighted by atomic mass is 16.4. The van der Waals surface area contributed by atoms with Gasteiger partial charge in [-0.3, -0.25) is 9.59 Å². The minimum Gasteiger partial charge on any atom is -0.394 e. The molecule has 0 bridgehead atoms. The van der Waals surface area contributed by atoms with Crippen LogP contribution in [0, 0.1) is 5.92 Å². The SMILES string of the molecule is CCCN1C(=O)C(CC(C)C)NC(=O)C12CCN(C[C@H](O)[C@H](O)[C@H](O)CO)CC2. The number of β-amino-alcohol motifs (C(OH)–C–C–N with tert-alkyl or cyclic N) is 1. The number of piperazine rings is 1. The predicted molar refractivity (Wildman–Crippen MR) is 107 cm³/mol. The number of piperidine rings is 1. The summed E-state index contributed by atoms with van der Waals surface area (Å²) in [5.41, 5.74) is -0.870. The Hall–Kier alpha value is -1.26. The average Bonchev–Trinajstić information content (AvgIpc) is 2.69. The number of nitrogens with zero attached hydrogens (tertiary/aromatic N) is 2. The molecule has 2 saturated heterocycles. The molecule has 0 saturated carbocycles. The molecule has 0 radical (unpaired) electrons. The van der Waals surface area contributed by atoms with Gasteiger partial charge in [-0.15, -0.1) is 0 Å². The topological polar surface area (TPSA) is 134 Å². The number of nitrogens with one attached hydrogen (secondary N) is 1. The molecule has 1 spiro atoms. The highest BCUT2D eigenvalue weighted by Crippen LogP contribution is 2.34. The zero-order valence-electron chi connectivity index (χ0n) is 17.8. The average molecular weight is 416 g/mol. The fourth-order valence-electron chi connectivity index (χ4n) is 4.39. The van der Waals surface area contributed by atoms with E-state index in [1.54, 1.807) is 4.90 Å². The minimum absolute atomic E-state index is 0.0184. The number of likely N-dealkylation sites (tertiary alicyclic amines) is 1. The Labute approximate surface area is 172 Å². The smallest absolute Gasteiger partial charge is 0.246 e. The fourth-order valence-corrected chi connectivity index (χ4v) is 4.39. The van der Waals surface area contributed by atoms with Crippen LogP contribution in [0.5, 0.6) is 0 Å². The normalized spacial score (nSPS) is 25.9. The van der Waals surface area contributed by atoms with E-state index in [1.165, 1.54) is 0 Å². The summed E-state index contributed by atoms with van der Waals surface area (Å²) in [4.78, 5) is 29.9. The summed E-state index contributed by atoms with van der Waals surface area (Å²) in [7, 11) is 0. The van der Waals surface area contributed by atoms with E-state index in [2.05, 4.69) is 5.32 Å². The van der Waals surface area contributed by atoms with Crippen molar-refractivity contribution < 1.29 is 30.0 Å². The standard InChI is InChI=1S/C20H37N3O6/c1-4-7-23-18(28)14(10-13(2)3)21-19(29)20(23)5-8-22(9-6-20)11-15(25)17(27)16(26)12-24/h13-17,24-27H,4-12H2,1-3H3,(H,21,29)/t14?,15-,16+,17-/m0/s1. The highest BCUT2D eigenvalue weighted by molar-refractivity contribution is 6.00. The number of rotatable bonds is 9. The molecule has 2 rings (SSSR count). The van der Waals surface area contributed by atoms with E-state index in [0.29, 0.717) is 44.8 Å². The lowest BCUT2D eigenvalue weighted by Crippen LogP contribution is -2.73. The van der Waals surface area contributed by atoms with Gasteiger partial charge in [0.15, 0.2) is 0 Å². The Morgan fingerprint density at radius 3 is 2.28 bits per heavy atom. The maximum atomic E-state index is 13.1. The molecule has 2 aliphatic rings. The molecule has 0 aromatic rings. The second kappa shape index (κ2) is 10.2. The van der Waals surface area contributed by atoms with Crippen LogP contribution in [0.1, 0.15) is 46.5 Å². The lowest BCUT2D eigenvalue weighted by molar-refractivity contribution is -0.162. The molecular formula is C20H37N3O6. The number of amides is 2. The van der Waals surface area contributed by atoms with Crippen LogP contribution in [-0.2, 0) is 9.59 Å². The fraction of sp³-hybridized carbons (Fsp3) is 0.900. The second-order valence-electron chi connectivity index (χ2n) is 8.79. The molecule has 5 N–H and O–H groups in total. The third-order valence-corrected chi connectivity index (χ3v) is 6.07. The lowest BCUT2D eigenvalue weighted by Gasteiger charge is -2.52. The summed E-state index contributed by atoms with van der Waals surface area (Å²) < 4.78 is 0. The molecule has 1 unspecified atom stereocenters. The van der Waals surface area contributed by atoms with Crippen molar-refractivity contribution in [3.8, 4) is 0 Å². The van der Waals surface area contributed by atoms with Crippen molar-refractivity contribution in [3.63, 3.8) is 0 Å². The van der Waals surface area contributed by atoms with E-state index >= 15 is 0 Å². The van der Waals surface area contributed by atoms with Crippen LogP contribution >= 0.6 is 0 Å². The van der Waals surface area contributed by atoms with Gasteiger partial charge in [-0.1, -0.05) is 20.8 Å². The van der Waals surface area contributed by atoms with Crippen molar-refractivity contribution in [2.75, 3.05) is 32.8 Å². The number of hydrogen-bond donors (Lipinski definition) is 5. The Kier molecular flexibility index (Phi) is 8.42. The minimum atomic E-state index is -1.44. The second-order valence-corrected chi connectivity index (χ2v) is 8.79. The first kappa shape index (κ1) is 24.0. The third kappa shape index (κ3) is 5.27. The first-order valence-corrected chi connectivity index (χ1v) is 10.7. The zero-order chi connectivity index (χ0) is 21.8. The van der Waals surface area contributed by atoms with Crippen molar-refractivity contribution in [3.05, 3.63) is 0 Å².